The van der Waals surface area contributed by atoms with E-state index in [-0.39, 0.29) is 11.6 Å². The maximum Gasteiger partial charge on any atom is 0.269 e. The molecule has 0 bridgehead atoms. The van der Waals surface area contributed by atoms with Gasteiger partial charge in [0.1, 0.15) is 5.75 Å². The van der Waals surface area contributed by atoms with Crippen LogP contribution in [-0.4, -0.2) is 40.6 Å². The van der Waals surface area contributed by atoms with Gasteiger partial charge in [-0.05, 0) is 36.2 Å². The van der Waals surface area contributed by atoms with Gasteiger partial charge in [-0.15, -0.1) is 0 Å². The average molecular weight is 413 g/mol. The second-order valence-corrected chi connectivity index (χ2v) is 7.50. The summed E-state index contributed by atoms with van der Waals surface area (Å²) in [6.07, 6.45) is 2.07. The lowest BCUT2D eigenvalue weighted by Gasteiger charge is -2.18. The van der Waals surface area contributed by atoms with Crippen molar-refractivity contribution in [3.8, 4) is 5.75 Å². The summed E-state index contributed by atoms with van der Waals surface area (Å²) in [4.78, 5) is 29.3. The maximum absolute atomic E-state index is 12.9. The van der Waals surface area contributed by atoms with Gasteiger partial charge in [0, 0.05) is 30.0 Å². The van der Waals surface area contributed by atoms with Crippen molar-refractivity contribution in [3.05, 3.63) is 69.8 Å². The summed E-state index contributed by atoms with van der Waals surface area (Å²) in [7, 11) is 0. The molecule has 0 atom stereocenters. The molecule has 0 fully saturated rings. The Bertz CT molecular complexity index is 882. The van der Waals surface area contributed by atoms with E-state index in [1.807, 2.05) is 12.1 Å². The summed E-state index contributed by atoms with van der Waals surface area (Å²) < 4.78 is 5.64. The van der Waals surface area contributed by atoms with Gasteiger partial charge in [0.05, 0.1) is 18.1 Å². The third-order valence-electron chi connectivity index (χ3n) is 4.43. The van der Waals surface area contributed by atoms with Crippen molar-refractivity contribution in [2.75, 3.05) is 19.7 Å². The first kappa shape index (κ1) is 20.9. The van der Waals surface area contributed by atoms with Crippen molar-refractivity contribution in [3.63, 3.8) is 0 Å². The Morgan fingerprint density at radius 2 is 1.93 bits per heavy atom. The van der Waals surface area contributed by atoms with Crippen molar-refractivity contribution in [1.29, 1.82) is 0 Å². The Morgan fingerprint density at radius 1 is 1.21 bits per heavy atom. The van der Waals surface area contributed by atoms with Crippen LogP contribution in [-0.2, 0) is 5.75 Å². The number of benzene rings is 2. The first-order valence-electron chi connectivity index (χ1n) is 9.54. The maximum atomic E-state index is 12.9. The molecule has 0 saturated carbocycles. The Morgan fingerprint density at radius 3 is 2.59 bits per heavy atom. The van der Waals surface area contributed by atoms with E-state index in [1.165, 1.54) is 23.9 Å². The number of nitrogens with zero attached hydrogens (tertiary/aromatic N) is 3. The monoisotopic (exact) mass is 413 g/mol. The minimum atomic E-state index is -0.418. The molecule has 2 aromatic rings. The zero-order valence-corrected chi connectivity index (χ0v) is 17.1. The van der Waals surface area contributed by atoms with E-state index in [0.29, 0.717) is 36.2 Å². The summed E-state index contributed by atoms with van der Waals surface area (Å²) in [5, 5.41) is 11.4. The fourth-order valence-corrected chi connectivity index (χ4v) is 3.79. The van der Waals surface area contributed by atoms with Gasteiger partial charge in [0.2, 0.25) is 0 Å². The molecule has 0 saturated heterocycles. The molecule has 7 nitrogen and oxygen atoms in total. The Labute approximate surface area is 173 Å². The summed E-state index contributed by atoms with van der Waals surface area (Å²) in [5.74, 6) is 1.26. The van der Waals surface area contributed by atoms with Crippen LogP contribution in [0.2, 0.25) is 0 Å². The second kappa shape index (κ2) is 10.1. The average Bonchev–Trinajstić information content (AvgIpc) is 3.21. The highest BCUT2D eigenvalue weighted by molar-refractivity contribution is 8.13. The van der Waals surface area contributed by atoms with Crippen LogP contribution in [0.25, 0.3) is 0 Å². The number of nitro benzene ring substituents is 1. The zero-order valence-electron chi connectivity index (χ0n) is 16.2. The molecule has 29 heavy (non-hydrogen) atoms. The van der Waals surface area contributed by atoms with Crippen molar-refractivity contribution >= 4 is 28.5 Å². The topological polar surface area (TPSA) is 85.0 Å². The van der Waals surface area contributed by atoms with Crippen molar-refractivity contribution < 1.29 is 14.5 Å². The van der Waals surface area contributed by atoms with Gasteiger partial charge < -0.3 is 4.74 Å². The first-order chi connectivity index (χ1) is 14.1. The highest BCUT2D eigenvalue weighted by atomic mass is 32.2. The van der Waals surface area contributed by atoms with Gasteiger partial charge in [0.25, 0.3) is 11.6 Å². The van der Waals surface area contributed by atoms with Crippen molar-refractivity contribution in [2.45, 2.75) is 25.5 Å². The van der Waals surface area contributed by atoms with Crippen LogP contribution >= 0.6 is 11.8 Å². The molecule has 1 amide bonds. The van der Waals surface area contributed by atoms with Gasteiger partial charge in [-0.25, -0.2) is 0 Å². The van der Waals surface area contributed by atoms with Crippen LogP contribution in [0.3, 0.4) is 0 Å². The number of amides is 1. The third-order valence-corrected chi connectivity index (χ3v) is 5.52. The molecular weight excluding hydrogens is 390 g/mol. The molecule has 0 radical (unpaired) electrons. The lowest BCUT2D eigenvalue weighted by molar-refractivity contribution is -0.384. The van der Waals surface area contributed by atoms with Gasteiger partial charge in [0.15, 0.2) is 5.17 Å². The van der Waals surface area contributed by atoms with Crippen LogP contribution in [0.15, 0.2) is 53.5 Å². The van der Waals surface area contributed by atoms with Crippen LogP contribution < -0.4 is 4.74 Å². The summed E-state index contributed by atoms with van der Waals surface area (Å²) >= 11 is 1.46. The third kappa shape index (κ3) is 5.57. The molecule has 8 heteroatoms. The SMILES string of the molecule is CCCCOc1ccc(C(=O)N2CCN=C2SCc2ccc([N+](=O)[O-])cc2)cc1. The van der Waals surface area contributed by atoms with Crippen LogP contribution in [0.1, 0.15) is 35.7 Å². The van der Waals surface area contributed by atoms with Crippen LogP contribution in [0.4, 0.5) is 5.69 Å². The van der Waals surface area contributed by atoms with Crippen LogP contribution in [0, 0.1) is 10.1 Å². The number of aliphatic imine (C=N–C) groups is 1. The minimum Gasteiger partial charge on any atom is -0.494 e. The summed E-state index contributed by atoms with van der Waals surface area (Å²) in [6.45, 7) is 3.91. The van der Waals surface area contributed by atoms with E-state index in [0.717, 1.165) is 24.2 Å². The minimum absolute atomic E-state index is 0.0656. The highest BCUT2D eigenvalue weighted by Crippen LogP contribution is 2.23. The largest absolute Gasteiger partial charge is 0.494 e. The van der Waals surface area contributed by atoms with Crippen molar-refractivity contribution in [2.24, 2.45) is 4.99 Å². The molecule has 3 rings (SSSR count). The smallest absolute Gasteiger partial charge is 0.269 e. The number of ether oxygens (including phenoxy) is 1. The normalized spacial score (nSPS) is 13.3. The van der Waals surface area contributed by atoms with Crippen LogP contribution in [0.5, 0.6) is 5.75 Å². The number of carbonyl (C=O) groups excluding carboxylic acids is 1. The molecule has 0 aromatic heterocycles. The lowest BCUT2D eigenvalue weighted by Crippen LogP contribution is -2.32. The molecule has 1 aliphatic rings. The molecule has 152 valence electrons. The molecule has 1 aliphatic heterocycles. The number of nitro groups is 1. The zero-order chi connectivity index (χ0) is 20.6. The lowest BCUT2D eigenvalue weighted by atomic mass is 10.2. The Balaban J connectivity index is 1.58. The molecule has 1 heterocycles. The van der Waals surface area contributed by atoms with E-state index in [4.69, 9.17) is 4.74 Å². The second-order valence-electron chi connectivity index (χ2n) is 6.56. The Kier molecular flexibility index (Phi) is 7.24. The molecule has 0 unspecified atom stereocenters. The fourth-order valence-electron chi connectivity index (χ4n) is 2.78. The number of hydrogen-bond acceptors (Lipinski definition) is 6. The van der Waals surface area contributed by atoms with E-state index in [2.05, 4.69) is 11.9 Å². The summed E-state index contributed by atoms with van der Waals surface area (Å²) in [5.41, 5.74) is 1.60. The predicted molar refractivity (Wildman–Crippen MR) is 115 cm³/mol. The van der Waals surface area contributed by atoms with E-state index >= 15 is 0 Å². The molecular formula is C21H23N3O4S. The van der Waals surface area contributed by atoms with Gasteiger partial charge in [-0.3, -0.25) is 24.8 Å². The van der Waals surface area contributed by atoms with Gasteiger partial charge in [-0.1, -0.05) is 37.2 Å². The molecule has 2 aromatic carbocycles. The number of unbranched alkanes of at least 4 members (excludes halogenated alkanes) is 1. The highest BCUT2D eigenvalue weighted by Gasteiger charge is 2.25. The quantitative estimate of drug-likeness (QED) is 0.361. The van der Waals surface area contributed by atoms with Gasteiger partial charge >= 0.3 is 0 Å². The number of thioether (sulfide) groups is 1. The standard InChI is InChI=1S/C21H23N3O4S/c1-2-3-14-28-19-10-6-17(7-11-19)20(25)23-13-12-22-21(23)29-15-16-4-8-18(9-5-16)24(26)27/h4-11H,2-3,12-15H2,1H3. The number of rotatable bonds is 8. The fraction of sp³-hybridized carbons (Fsp3) is 0.333. The molecule has 0 N–H and O–H groups in total. The summed E-state index contributed by atoms with van der Waals surface area (Å²) in [6, 6.07) is 13.6. The first-order valence-corrected chi connectivity index (χ1v) is 10.5. The number of hydrogen-bond donors (Lipinski definition) is 0. The van der Waals surface area contributed by atoms with E-state index in [1.54, 1.807) is 29.2 Å². The number of carbonyl (C=O) groups is 1. The van der Waals surface area contributed by atoms with E-state index < -0.39 is 4.92 Å². The van der Waals surface area contributed by atoms with Crippen molar-refractivity contribution in [1.82, 2.24) is 4.90 Å². The molecule has 0 aliphatic carbocycles. The predicted octanol–water partition coefficient (Wildman–Crippen LogP) is 4.52. The number of non-ortho nitro benzene ring substituents is 1. The van der Waals surface area contributed by atoms with E-state index in [9.17, 15) is 14.9 Å². The molecule has 0 spiro atoms. The number of amidine groups is 1. The Hall–Kier alpha value is -2.87. The van der Waals surface area contributed by atoms with Gasteiger partial charge in [-0.2, -0.15) is 0 Å².